The Bertz CT molecular complexity index is 1120. The molecule has 0 bridgehead atoms. The van der Waals surface area contributed by atoms with Gasteiger partial charge in [-0.05, 0) is 47.2 Å². The van der Waals surface area contributed by atoms with E-state index < -0.39 is 35.2 Å². The topological polar surface area (TPSA) is 74.2 Å². The lowest BCUT2D eigenvalue weighted by atomic mass is 9.69. The fourth-order valence-corrected chi connectivity index (χ4v) is 4.17. The number of urea groups is 1. The predicted molar refractivity (Wildman–Crippen MR) is 115 cm³/mol. The summed E-state index contributed by atoms with van der Waals surface area (Å²) in [4.78, 5) is 17.2. The number of nitrogens with zero attached hydrogens (tertiary/aromatic N) is 1. The van der Waals surface area contributed by atoms with E-state index in [1.165, 1.54) is 0 Å². The van der Waals surface area contributed by atoms with Crippen LogP contribution in [0.3, 0.4) is 0 Å². The Morgan fingerprint density at radius 2 is 1.81 bits per heavy atom. The standard InChI is InChI=1S/C24H23F2N3O2/c1-24(2)13-20(30)22(15-11-17(25)18(26)12-16(15)24)29-23(31)28-19-9-6-10-27-21(19)14-7-4-3-5-8-14/h3-12,20,22,30H,13H2,1-2H3,(H2,28,29,31)/t20-,22-/m1/s1. The van der Waals surface area contributed by atoms with E-state index in [1.807, 2.05) is 44.2 Å². The molecule has 3 aromatic rings. The van der Waals surface area contributed by atoms with Gasteiger partial charge < -0.3 is 15.7 Å². The van der Waals surface area contributed by atoms with Gasteiger partial charge in [-0.25, -0.2) is 13.6 Å². The predicted octanol–water partition coefficient (Wildman–Crippen LogP) is 4.93. The molecule has 7 heteroatoms. The van der Waals surface area contributed by atoms with Gasteiger partial charge in [0.1, 0.15) is 0 Å². The van der Waals surface area contributed by atoms with Crippen molar-refractivity contribution in [3.05, 3.63) is 83.6 Å². The fourth-order valence-electron chi connectivity index (χ4n) is 4.17. The number of hydrogen-bond acceptors (Lipinski definition) is 3. The molecule has 0 spiro atoms. The lowest BCUT2D eigenvalue weighted by molar-refractivity contribution is 0.0878. The molecule has 4 rings (SSSR count). The number of benzene rings is 2. The van der Waals surface area contributed by atoms with Crippen LogP contribution in [0.25, 0.3) is 11.3 Å². The minimum absolute atomic E-state index is 0.290. The number of fused-ring (bicyclic) bond motifs is 1. The highest BCUT2D eigenvalue weighted by Crippen LogP contribution is 2.42. The van der Waals surface area contributed by atoms with Crippen molar-refractivity contribution < 1.29 is 18.7 Å². The summed E-state index contributed by atoms with van der Waals surface area (Å²) in [5, 5.41) is 16.2. The zero-order chi connectivity index (χ0) is 22.2. The molecule has 0 saturated carbocycles. The Morgan fingerprint density at radius 3 is 2.55 bits per heavy atom. The number of aromatic nitrogens is 1. The molecule has 2 amide bonds. The van der Waals surface area contributed by atoms with Crippen LogP contribution in [0.15, 0.2) is 60.8 Å². The lowest BCUT2D eigenvalue weighted by Gasteiger charge is -2.40. The highest BCUT2D eigenvalue weighted by atomic mass is 19.2. The maximum absolute atomic E-state index is 14.0. The SMILES string of the molecule is CC1(C)C[C@@H](O)[C@H](NC(=O)Nc2cccnc2-c2ccccc2)c2cc(F)c(F)cc21. The van der Waals surface area contributed by atoms with E-state index in [0.29, 0.717) is 22.5 Å². The molecule has 2 aromatic carbocycles. The van der Waals surface area contributed by atoms with E-state index in [9.17, 15) is 18.7 Å². The second-order valence-electron chi connectivity index (χ2n) is 8.35. The summed E-state index contributed by atoms with van der Waals surface area (Å²) in [5.74, 6) is -1.97. The normalized spacial score (nSPS) is 19.4. The molecule has 5 nitrogen and oxygen atoms in total. The number of amides is 2. The maximum atomic E-state index is 14.0. The molecular weight excluding hydrogens is 400 g/mol. The van der Waals surface area contributed by atoms with E-state index in [4.69, 9.17) is 0 Å². The van der Waals surface area contributed by atoms with Crippen LogP contribution in [-0.2, 0) is 5.41 Å². The first-order valence-corrected chi connectivity index (χ1v) is 10.0. The molecule has 0 saturated heterocycles. The summed E-state index contributed by atoms with van der Waals surface area (Å²) >= 11 is 0. The molecule has 3 N–H and O–H groups in total. The van der Waals surface area contributed by atoms with Gasteiger partial charge in [0, 0.05) is 11.8 Å². The van der Waals surface area contributed by atoms with Gasteiger partial charge in [-0.2, -0.15) is 0 Å². The number of rotatable bonds is 3. The van der Waals surface area contributed by atoms with Gasteiger partial charge in [0.05, 0.1) is 23.5 Å². The molecule has 31 heavy (non-hydrogen) atoms. The van der Waals surface area contributed by atoms with Crippen molar-refractivity contribution in [2.75, 3.05) is 5.32 Å². The molecule has 0 unspecified atom stereocenters. The van der Waals surface area contributed by atoms with Gasteiger partial charge in [-0.3, -0.25) is 4.98 Å². The molecule has 0 fully saturated rings. The van der Waals surface area contributed by atoms with Crippen molar-refractivity contribution in [2.45, 2.75) is 37.8 Å². The minimum Gasteiger partial charge on any atom is -0.391 e. The summed E-state index contributed by atoms with van der Waals surface area (Å²) in [6, 6.07) is 13.6. The Balaban J connectivity index is 1.61. The lowest BCUT2D eigenvalue weighted by Crippen LogP contribution is -2.45. The first-order valence-electron chi connectivity index (χ1n) is 10.0. The van der Waals surface area contributed by atoms with E-state index >= 15 is 0 Å². The number of carbonyl (C=O) groups excluding carboxylic acids is 1. The Labute approximate surface area is 179 Å². The second-order valence-corrected chi connectivity index (χ2v) is 8.35. The van der Waals surface area contributed by atoms with E-state index in [-0.39, 0.29) is 6.42 Å². The molecule has 2 atom stereocenters. The van der Waals surface area contributed by atoms with Crippen molar-refractivity contribution in [3.63, 3.8) is 0 Å². The first kappa shape index (κ1) is 20.9. The van der Waals surface area contributed by atoms with Crippen LogP contribution >= 0.6 is 0 Å². The third-order valence-electron chi connectivity index (χ3n) is 5.65. The number of anilines is 1. The summed E-state index contributed by atoms with van der Waals surface area (Å²) in [7, 11) is 0. The first-order chi connectivity index (χ1) is 14.8. The molecule has 1 aliphatic rings. The van der Waals surface area contributed by atoms with Gasteiger partial charge in [0.15, 0.2) is 11.6 Å². The number of carbonyl (C=O) groups is 1. The highest BCUT2D eigenvalue weighted by molar-refractivity contribution is 5.93. The van der Waals surface area contributed by atoms with Crippen LogP contribution in [0, 0.1) is 11.6 Å². The van der Waals surface area contributed by atoms with Gasteiger partial charge in [0.2, 0.25) is 0 Å². The molecule has 0 radical (unpaired) electrons. The number of halogens is 2. The summed E-state index contributed by atoms with van der Waals surface area (Å²) in [6.45, 7) is 3.70. The van der Waals surface area contributed by atoms with E-state index in [0.717, 1.165) is 17.7 Å². The third kappa shape index (κ3) is 4.14. The summed E-state index contributed by atoms with van der Waals surface area (Å²) in [6.07, 6.45) is 0.963. The van der Waals surface area contributed by atoms with E-state index in [1.54, 1.807) is 18.3 Å². The highest BCUT2D eigenvalue weighted by Gasteiger charge is 2.40. The molecule has 1 aromatic heterocycles. The van der Waals surface area contributed by atoms with Gasteiger partial charge in [0.25, 0.3) is 0 Å². The maximum Gasteiger partial charge on any atom is 0.319 e. The van der Waals surface area contributed by atoms with E-state index in [2.05, 4.69) is 15.6 Å². The van der Waals surface area contributed by atoms with Gasteiger partial charge >= 0.3 is 6.03 Å². The van der Waals surface area contributed by atoms with Crippen LogP contribution in [0.4, 0.5) is 19.3 Å². The van der Waals surface area contributed by atoms with Crippen molar-refractivity contribution in [2.24, 2.45) is 0 Å². The van der Waals surface area contributed by atoms with Crippen molar-refractivity contribution >= 4 is 11.7 Å². The number of aliphatic hydroxyl groups excluding tert-OH is 1. The minimum atomic E-state index is -1.02. The molecule has 1 aliphatic carbocycles. The zero-order valence-corrected chi connectivity index (χ0v) is 17.2. The van der Waals surface area contributed by atoms with Crippen molar-refractivity contribution in [1.82, 2.24) is 10.3 Å². The monoisotopic (exact) mass is 423 g/mol. The fraction of sp³-hybridized carbons (Fsp3) is 0.250. The number of aliphatic hydroxyl groups is 1. The van der Waals surface area contributed by atoms with Crippen LogP contribution in [-0.4, -0.2) is 22.2 Å². The summed E-state index contributed by atoms with van der Waals surface area (Å²) in [5.41, 5.74) is 2.28. The largest absolute Gasteiger partial charge is 0.391 e. The zero-order valence-electron chi connectivity index (χ0n) is 17.2. The number of hydrogen-bond donors (Lipinski definition) is 3. The Kier molecular flexibility index (Phi) is 5.45. The van der Waals surface area contributed by atoms with Crippen LogP contribution in [0.1, 0.15) is 37.4 Å². The summed E-state index contributed by atoms with van der Waals surface area (Å²) < 4.78 is 27.9. The Morgan fingerprint density at radius 1 is 1.10 bits per heavy atom. The number of pyridine rings is 1. The van der Waals surface area contributed by atoms with Crippen LogP contribution in [0.2, 0.25) is 0 Å². The smallest absolute Gasteiger partial charge is 0.319 e. The average Bonchev–Trinajstić information content (AvgIpc) is 2.73. The average molecular weight is 423 g/mol. The third-order valence-corrected chi connectivity index (χ3v) is 5.65. The number of nitrogens with one attached hydrogen (secondary N) is 2. The van der Waals surface area contributed by atoms with Gasteiger partial charge in [-0.1, -0.05) is 44.2 Å². The van der Waals surface area contributed by atoms with Crippen LogP contribution in [0.5, 0.6) is 0 Å². The van der Waals surface area contributed by atoms with Crippen molar-refractivity contribution in [1.29, 1.82) is 0 Å². The molecule has 160 valence electrons. The molecule has 0 aliphatic heterocycles. The van der Waals surface area contributed by atoms with Crippen molar-refractivity contribution in [3.8, 4) is 11.3 Å². The molecule has 1 heterocycles. The second kappa shape index (κ2) is 8.07. The quantitative estimate of drug-likeness (QED) is 0.559. The molecular formula is C24H23F2N3O2. The van der Waals surface area contributed by atoms with Crippen LogP contribution < -0.4 is 10.6 Å². The van der Waals surface area contributed by atoms with Gasteiger partial charge in [-0.15, -0.1) is 0 Å². The Hall–Kier alpha value is -3.32.